The molecule has 3 rings (SSSR count). The van der Waals surface area contributed by atoms with Gasteiger partial charge in [-0.3, -0.25) is 9.88 Å². The maximum absolute atomic E-state index is 6.39. The minimum absolute atomic E-state index is 0. The lowest BCUT2D eigenvalue weighted by atomic mass is 10.1. The number of likely N-dealkylation sites (N-methyl/N-ethyl adjacent to an activating group) is 1. The molecule has 4 nitrogen and oxygen atoms in total. The highest BCUT2D eigenvalue weighted by Crippen LogP contribution is 2.36. The zero-order valence-electron chi connectivity index (χ0n) is 13.6. The number of hydrogen-bond acceptors (Lipinski definition) is 4. The number of ether oxygens (including phenoxy) is 1. The van der Waals surface area contributed by atoms with Crippen molar-refractivity contribution in [2.75, 3.05) is 32.9 Å². The molecule has 0 bridgehead atoms. The third-order valence-electron chi connectivity index (χ3n) is 4.28. The second-order valence-electron chi connectivity index (χ2n) is 5.60. The van der Waals surface area contributed by atoms with Gasteiger partial charge in [0, 0.05) is 36.8 Å². The van der Waals surface area contributed by atoms with Crippen LogP contribution in [-0.4, -0.2) is 47.7 Å². The molecule has 1 aliphatic heterocycles. The first kappa shape index (κ1) is 18.3. The summed E-state index contributed by atoms with van der Waals surface area (Å²) >= 11 is 6.39. The summed E-state index contributed by atoms with van der Waals surface area (Å²) in [6.45, 7) is 10.1. The van der Waals surface area contributed by atoms with Gasteiger partial charge in [0.25, 0.3) is 0 Å². The van der Waals surface area contributed by atoms with Crippen LogP contribution < -0.4 is 4.74 Å². The van der Waals surface area contributed by atoms with Gasteiger partial charge in [-0.2, -0.15) is 0 Å². The third kappa shape index (κ3) is 3.89. The van der Waals surface area contributed by atoms with Gasteiger partial charge in [0.2, 0.25) is 0 Å². The van der Waals surface area contributed by atoms with Crippen LogP contribution >= 0.6 is 24.0 Å². The van der Waals surface area contributed by atoms with Crippen LogP contribution in [0.15, 0.2) is 24.4 Å². The predicted octanol–water partition coefficient (Wildman–Crippen LogP) is 3.80. The summed E-state index contributed by atoms with van der Waals surface area (Å²) < 4.78 is 5.99. The molecule has 0 fully saturated rings. The molecule has 6 heteroatoms. The summed E-state index contributed by atoms with van der Waals surface area (Å²) in [5.41, 5.74) is 2.00. The van der Waals surface area contributed by atoms with E-state index < -0.39 is 0 Å². The molecule has 0 aliphatic carbocycles. The Morgan fingerprint density at radius 3 is 2.87 bits per heavy atom. The van der Waals surface area contributed by atoms with E-state index in [1.807, 2.05) is 18.2 Å². The fraction of sp³-hybridized carbons (Fsp3) is 0.471. The summed E-state index contributed by atoms with van der Waals surface area (Å²) in [4.78, 5) is 9.18. The van der Waals surface area contributed by atoms with Gasteiger partial charge < -0.3 is 9.64 Å². The summed E-state index contributed by atoms with van der Waals surface area (Å²) in [6, 6.07) is 5.91. The van der Waals surface area contributed by atoms with Crippen molar-refractivity contribution in [3.05, 3.63) is 35.0 Å². The van der Waals surface area contributed by atoms with Crippen molar-refractivity contribution < 1.29 is 4.74 Å². The number of aromatic nitrogens is 1. The highest BCUT2D eigenvalue weighted by Gasteiger charge is 2.21. The lowest BCUT2D eigenvalue weighted by molar-refractivity contribution is 0.0857. The Kier molecular flexibility index (Phi) is 6.48. The molecule has 2 aromatic rings. The molecule has 1 aromatic carbocycles. The molecule has 0 saturated carbocycles. The Morgan fingerprint density at radius 1 is 1.35 bits per heavy atom. The van der Waals surface area contributed by atoms with Gasteiger partial charge in [-0.15, -0.1) is 12.4 Å². The number of pyridine rings is 1. The van der Waals surface area contributed by atoms with Crippen LogP contribution in [0.25, 0.3) is 10.9 Å². The lowest BCUT2D eigenvalue weighted by Crippen LogP contribution is -2.38. The normalized spacial score (nSPS) is 14.4. The molecule has 0 spiro atoms. The number of benzene rings is 1. The zero-order chi connectivity index (χ0) is 15.5. The SMILES string of the molecule is CCN(CC)CCN1COc2c(cc(Cl)c3cccnc23)C1.Cl. The van der Waals surface area contributed by atoms with Gasteiger partial charge in [0.15, 0.2) is 5.75 Å². The van der Waals surface area contributed by atoms with Gasteiger partial charge in [0.05, 0.1) is 5.02 Å². The second kappa shape index (κ2) is 8.15. The number of hydrogen-bond donors (Lipinski definition) is 0. The number of rotatable bonds is 5. The van der Waals surface area contributed by atoms with Gasteiger partial charge in [0.1, 0.15) is 12.2 Å². The summed E-state index contributed by atoms with van der Waals surface area (Å²) in [5.74, 6) is 0.888. The van der Waals surface area contributed by atoms with E-state index in [1.165, 1.54) is 0 Å². The van der Waals surface area contributed by atoms with Gasteiger partial charge in [-0.1, -0.05) is 25.4 Å². The smallest absolute Gasteiger partial charge is 0.152 e. The molecule has 0 radical (unpaired) electrons. The molecule has 0 atom stereocenters. The Morgan fingerprint density at radius 2 is 2.13 bits per heavy atom. The highest BCUT2D eigenvalue weighted by atomic mass is 35.5. The Hall–Kier alpha value is -1.07. The standard InChI is InChI=1S/C17H22ClN3O.ClH/c1-3-20(4-2)8-9-21-11-13-10-15(18)14-6-5-7-19-16(14)17(13)22-12-21;/h5-7,10H,3-4,8-9,11-12H2,1-2H3;1H. The monoisotopic (exact) mass is 355 g/mol. The third-order valence-corrected chi connectivity index (χ3v) is 4.60. The van der Waals surface area contributed by atoms with Gasteiger partial charge in [-0.05, 0) is 31.3 Å². The summed E-state index contributed by atoms with van der Waals surface area (Å²) in [7, 11) is 0. The van der Waals surface area contributed by atoms with Crippen LogP contribution in [-0.2, 0) is 6.54 Å². The molecule has 23 heavy (non-hydrogen) atoms. The molecule has 0 saturated heterocycles. The molecule has 0 unspecified atom stereocenters. The van der Waals surface area contributed by atoms with Gasteiger partial charge >= 0.3 is 0 Å². The first-order valence-electron chi connectivity index (χ1n) is 7.86. The molecular weight excluding hydrogens is 333 g/mol. The number of halogens is 2. The van der Waals surface area contributed by atoms with Crippen molar-refractivity contribution in [2.45, 2.75) is 20.4 Å². The topological polar surface area (TPSA) is 28.6 Å². The molecule has 2 heterocycles. The molecule has 1 aromatic heterocycles. The number of nitrogens with zero attached hydrogens (tertiary/aromatic N) is 3. The van der Waals surface area contributed by atoms with Crippen LogP contribution in [0.3, 0.4) is 0 Å². The van der Waals surface area contributed by atoms with Crippen molar-refractivity contribution in [3.63, 3.8) is 0 Å². The van der Waals surface area contributed by atoms with E-state index in [2.05, 4.69) is 28.6 Å². The van der Waals surface area contributed by atoms with Crippen molar-refractivity contribution in [1.82, 2.24) is 14.8 Å². The maximum atomic E-state index is 6.39. The summed E-state index contributed by atoms with van der Waals surface area (Å²) in [5, 5.41) is 1.70. The fourth-order valence-corrected chi connectivity index (χ4v) is 3.20. The molecular formula is C17H23Cl2N3O. The van der Waals surface area contributed by atoms with E-state index in [-0.39, 0.29) is 12.4 Å². The Labute approximate surface area is 148 Å². The van der Waals surface area contributed by atoms with Crippen molar-refractivity contribution in [1.29, 1.82) is 0 Å². The van der Waals surface area contributed by atoms with E-state index in [0.717, 1.165) is 60.0 Å². The molecule has 1 aliphatic rings. The Balaban J connectivity index is 0.00000192. The van der Waals surface area contributed by atoms with Crippen LogP contribution in [0.4, 0.5) is 0 Å². The van der Waals surface area contributed by atoms with Crippen molar-refractivity contribution in [2.24, 2.45) is 0 Å². The first-order valence-corrected chi connectivity index (χ1v) is 8.24. The van der Waals surface area contributed by atoms with E-state index in [1.54, 1.807) is 6.20 Å². The van der Waals surface area contributed by atoms with Crippen LogP contribution in [0.2, 0.25) is 5.02 Å². The molecule has 0 amide bonds. The summed E-state index contributed by atoms with van der Waals surface area (Å²) in [6.07, 6.45) is 1.79. The molecule has 0 N–H and O–H groups in total. The maximum Gasteiger partial charge on any atom is 0.152 e. The van der Waals surface area contributed by atoms with E-state index in [4.69, 9.17) is 16.3 Å². The number of fused-ring (bicyclic) bond motifs is 3. The minimum atomic E-state index is 0. The van der Waals surface area contributed by atoms with Crippen molar-refractivity contribution >= 4 is 34.9 Å². The van der Waals surface area contributed by atoms with E-state index in [0.29, 0.717) is 6.73 Å². The van der Waals surface area contributed by atoms with Crippen LogP contribution in [0, 0.1) is 0 Å². The largest absolute Gasteiger partial charge is 0.475 e. The van der Waals surface area contributed by atoms with E-state index in [9.17, 15) is 0 Å². The second-order valence-corrected chi connectivity index (χ2v) is 6.01. The van der Waals surface area contributed by atoms with E-state index >= 15 is 0 Å². The lowest BCUT2D eigenvalue weighted by Gasteiger charge is -2.31. The quantitative estimate of drug-likeness (QED) is 0.815. The average molecular weight is 356 g/mol. The fourth-order valence-electron chi connectivity index (χ4n) is 2.91. The Bertz CT molecular complexity index is 662. The zero-order valence-corrected chi connectivity index (χ0v) is 15.2. The molecule has 126 valence electrons. The van der Waals surface area contributed by atoms with Crippen LogP contribution in [0.1, 0.15) is 19.4 Å². The predicted molar refractivity (Wildman–Crippen MR) is 97.7 cm³/mol. The van der Waals surface area contributed by atoms with Crippen molar-refractivity contribution in [3.8, 4) is 5.75 Å². The van der Waals surface area contributed by atoms with Crippen LogP contribution in [0.5, 0.6) is 5.75 Å². The highest BCUT2D eigenvalue weighted by molar-refractivity contribution is 6.35. The minimum Gasteiger partial charge on any atom is -0.475 e. The van der Waals surface area contributed by atoms with Gasteiger partial charge in [-0.25, -0.2) is 0 Å². The first-order chi connectivity index (χ1) is 10.7. The average Bonchev–Trinajstić information content (AvgIpc) is 2.56.